The van der Waals surface area contributed by atoms with Crippen LogP contribution in [-0.2, 0) is 11.2 Å². The molecular formula is C15H12Br2N2O. The second-order valence-electron chi connectivity index (χ2n) is 4.15. The average Bonchev–Trinajstić information content (AvgIpc) is 2.44. The van der Waals surface area contributed by atoms with Crippen LogP contribution in [0.2, 0.25) is 0 Å². The Balaban J connectivity index is 1.85. The normalized spacial score (nSPS) is 10.7. The summed E-state index contributed by atoms with van der Waals surface area (Å²) >= 11 is 6.72. The Morgan fingerprint density at radius 3 is 2.15 bits per heavy atom. The van der Waals surface area contributed by atoms with E-state index in [4.69, 9.17) is 0 Å². The zero-order valence-corrected chi connectivity index (χ0v) is 13.7. The van der Waals surface area contributed by atoms with Crippen molar-refractivity contribution in [3.8, 4) is 0 Å². The van der Waals surface area contributed by atoms with Gasteiger partial charge in [-0.3, -0.25) is 4.79 Å². The molecule has 2 aromatic rings. The first kappa shape index (κ1) is 14.9. The summed E-state index contributed by atoms with van der Waals surface area (Å²) in [5.74, 6) is -0.138. The number of hydrazone groups is 1. The maximum atomic E-state index is 11.7. The van der Waals surface area contributed by atoms with Crippen LogP contribution in [0.25, 0.3) is 0 Å². The van der Waals surface area contributed by atoms with Gasteiger partial charge in [-0.2, -0.15) is 5.10 Å². The highest BCUT2D eigenvalue weighted by molar-refractivity contribution is 9.10. The number of hydrogen-bond donors (Lipinski definition) is 1. The van der Waals surface area contributed by atoms with Crippen LogP contribution in [-0.4, -0.2) is 12.1 Å². The summed E-state index contributed by atoms with van der Waals surface area (Å²) in [5.41, 5.74) is 4.39. The Hall–Kier alpha value is -1.46. The van der Waals surface area contributed by atoms with Gasteiger partial charge in [-0.15, -0.1) is 0 Å². The largest absolute Gasteiger partial charge is 0.273 e. The first-order valence-corrected chi connectivity index (χ1v) is 7.54. The van der Waals surface area contributed by atoms with Gasteiger partial charge in [0.15, 0.2) is 0 Å². The molecule has 0 saturated heterocycles. The topological polar surface area (TPSA) is 41.5 Å². The molecule has 5 heteroatoms. The highest BCUT2D eigenvalue weighted by atomic mass is 79.9. The van der Waals surface area contributed by atoms with Gasteiger partial charge in [0, 0.05) is 8.95 Å². The number of amides is 1. The van der Waals surface area contributed by atoms with Crippen LogP contribution >= 0.6 is 31.9 Å². The molecular weight excluding hydrogens is 384 g/mol. The summed E-state index contributed by atoms with van der Waals surface area (Å²) in [4.78, 5) is 11.7. The minimum atomic E-state index is -0.138. The van der Waals surface area contributed by atoms with Gasteiger partial charge in [0.05, 0.1) is 12.6 Å². The molecule has 0 atom stereocenters. The van der Waals surface area contributed by atoms with Crippen molar-refractivity contribution in [1.29, 1.82) is 0 Å². The number of halogens is 2. The zero-order valence-electron chi connectivity index (χ0n) is 10.5. The molecule has 0 unspecified atom stereocenters. The fraction of sp³-hybridized carbons (Fsp3) is 0.0667. The summed E-state index contributed by atoms with van der Waals surface area (Å²) < 4.78 is 2.00. The molecule has 0 fully saturated rings. The Morgan fingerprint density at radius 1 is 1.00 bits per heavy atom. The minimum Gasteiger partial charge on any atom is -0.273 e. The summed E-state index contributed by atoms with van der Waals surface area (Å²) in [7, 11) is 0. The van der Waals surface area contributed by atoms with Crippen molar-refractivity contribution >= 4 is 44.0 Å². The average molecular weight is 396 g/mol. The van der Waals surface area contributed by atoms with Crippen molar-refractivity contribution in [2.75, 3.05) is 0 Å². The van der Waals surface area contributed by atoms with E-state index >= 15 is 0 Å². The van der Waals surface area contributed by atoms with E-state index in [1.54, 1.807) is 6.21 Å². The van der Waals surface area contributed by atoms with Crippen molar-refractivity contribution in [3.05, 3.63) is 68.6 Å². The van der Waals surface area contributed by atoms with Crippen LogP contribution in [0.4, 0.5) is 0 Å². The number of carbonyl (C=O) groups excluding carboxylic acids is 1. The van der Waals surface area contributed by atoms with Gasteiger partial charge < -0.3 is 0 Å². The number of carbonyl (C=O) groups is 1. The third-order valence-corrected chi connectivity index (χ3v) is 3.61. The predicted octanol–water partition coefficient (Wildman–Crippen LogP) is 3.90. The van der Waals surface area contributed by atoms with E-state index in [0.29, 0.717) is 6.42 Å². The number of nitrogens with zero attached hydrogens (tertiary/aromatic N) is 1. The van der Waals surface area contributed by atoms with E-state index in [1.807, 2.05) is 48.5 Å². The molecule has 0 aromatic heterocycles. The Kier molecular flexibility index (Phi) is 5.49. The lowest BCUT2D eigenvalue weighted by molar-refractivity contribution is -0.120. The molecule has 0 saturated carbocycles. The van der Waals surface area contributed by atoms with Gasteiger partial charge in [-0.05, 0) is 35.4 Å². The van der Waals surface area contributed by atoms with Gasteiger partial charge in [-0.25, -0.2) is 5.43 Å². The molecule has 2 aromatic carbocycles. The van der Waals surface area contributed by atoms with E-state index in [2.05, 4.69) is 42.4 Å². The van der Waals surface area contributed by atoms with E-state index in [1.165, 1.54) is 0 Å². The summed E-state index contributed by atoms with van der Waals surface area (Å²) in [6.45, 7) is 0. The molecule has 0 bridgehead atoms. The third-order valence-electron chi connectivity index (χ3n) is 2.55. The quantitative estimate of drug-likeness (QED) is 0.618. The van der Waals surface area contributed by atoms with E-state index < -0.39 is 0 Å². The summed E-state index contributed by atoms with van der Waals surface area (Å²) in [5, 5.41) is 3.94. The molecule has 1 amide bonds. The molecule has 0 aliphatic rings. The Labute approximate surface area is 134 Å². The lowest BCUT2D eigenvalue weighted by Gasteiger charge is -2.00. The van der Waals surface area contributed by atoms with E-state index in [9.17, 15) is 4.79 Å². The van der Waals surface area contributed by atoms with E-state index in [-0.39, 0.29) is 5.91 Å². The van der Waals surface area contributed by atoms with Crippen molar-refractivity contribution in [1.82, 2.24) is 5.43 Å². The molecule has 0 aliphatic heterocycles. The number of rotatable bonds is 4. The second kappa shape index (κ2) is 7.36. The Morgan fingerprint density at radius 2 is 1.55 bits per heavy atom. The number of hydrogen-bond acceptors (Lipinski definition) is 2. The van der Waals surface area contributed by atoms with Gasteiger partial charge in [0.2, 0.25) is 5.91 Å². The molecule has 0 aliphatic carbocycles. The highest BCUT2D eigenvalue weighted by Crippen LogP contribution is 2.11. The molecule has 3 nitrogen and oxygen atoms in total. The van der Waals surface area contributed by atoms with Crippen LogP contribution in [0, 0.1) is 0 Å². The maximum Gasteiger partial charge on any atom is 0.244 e. The van der Waals surface area contributed by atoms with Gasteiger partial charge in [0.1, 0.15) is 0 Å². The molecule has 1 N–H and O–H groups in total. The van der Waals surface area contributed by atoms with Crippen molar-refractivity contribution in [3.63, 3.8) is 0 Å². The number of benzene rings is 2. The molecule has 0 heterocycles. The lowest BCUT2D eigenvalue weighted by Crippen LogP contribution is -2.19. The fourth-order valence-corrected chi connectivity index (χ4v) is 2.08. The lowest BCUT2D eigenvalue weighted by atomic mass is 10.1. The maximum absolute atomic E-state index is 11.7. The van der Waals surface area contributed by atoms with Crippen molar-refractivity contribution in [2.24, 2.45) is 5.10 Å². The number of nitrogens with one attached hydrogen (secondary N) is 1. The standard InChI is InChI=1S/C15H12Br2N2O/c16-13-5-1-11(2-6-13)9-15(20)19-18-10-12-3-7-14(17)8-4-12/h1-8,10H,9H2,(H,19,20)/b18-10-. The third kappa shape index (κ3) is 4.90. The van der Waals surface area contributed by atoms with E-state index in [0.717, 1.165) is 20.1 Å². The van der Waals surface area contributed by atoms with Crippen molar-refractivity contribution < 1.29 is 4.79 Å². The smallest absolute Gasteiger partial charge is 0.244 e. The van der Waals surface area contributed by atoms with Crippen LogP contribution in [0.1, 0.15) is 11.1 Å². The van der Waals surface area contributed by atoms with Crippen LogP contribution < -0.4 is 5.43 Å². The van der Waals surface area contributed by atoms with Crippen LogP contribution in [0.5, 0.6) is 0 Å². The highest BCUT2D eigenvalue weighted by Gasteiger charge is 2.01. The summed E-state index contributed by atoms with van der Waals surface area (Å²) in [6.07, 6.45) is 1.93. The Bertz CT molecular complexity index is 607. The first-order valence-electron chi connectivity index (χ1n) is 5.95. The van der Waals surface area contributed by atoms with Crippen LogP contribution in [0.3, 0.4) is 0 Å². The molecule has 2 rings (SSSR count). The molecule has 0 spiro atoms. The first-order chi connectivity index (χ1) is 9.63. The van der Waals surface area contributed by atoms with Gasteiger partial charge in [-0.1, -0.05) is 56.1 Å². The molecule has 0 radical (unpaired) electrons. The predicted molar refractivity (Wildman–Crippen MR) is 87.7 cm³/mol. The van der Waals surface area contributed by atoms with Gasteiger partial charge in [0.25, 0.3) is 0 Å². The summed E-state index contributed by atoms with van der Waals surface area (Å²) in [6, 6.07) is 15.3. The molecule has 20 heavy (non-hydrogen) atoms. The van der Waals surface area contributed by atoms with Crippen molar-refractivity contribution in [2.45, 2.75) is 6.42 Å². The SMILES string of the molecule is O=C(Cc1ccc(Br)cc1)N/N=C\c1ccc(Br)cc1. The monoisotopic (exact) mass is 394 g/mol. The fourth-order valence-electron chi connectivity index (χ4n) is 1.55. The second-order valence-corrected chi connectivity index (χ2v) is 5.98. The van der Waals surface area contributed by atoms with Crippen LogP contribution in [0.15, 0.2) is 62.6 Å². The molecule has 102 valence electrons. The minimum absolute atomic E-state index is 0.138. The zero-order chi connectivity index (χ0) is 14.4. The van der Waals surface area contributed by atoms with Gasteiger partial charge >= 0.3 is 0 Å².